The van der Waals surface area contributed by atoms with Crippen molar-refractivity contribution >= 4 is 11.8 Å². The van der Waals surface area contributed by atoms with E-state index >= 15 is 0 Å². The highest BCUT2D eigenvalue weighted by molar-refractivity contribution is 6.40. The zero-order valence-electron chi connectivity index (χ0n) is 9.25. The molecule has 0 atom stereocenters. The third-order valence-corrected chi connectivity index (χ3v) is 1.96. The monoisotopic (exact) mass is 244 g/mol. The Morgan fingerprint density at radius 3 is 2.47 bits per heavy atom. The van der Waals surface area contributed by atoms with Crippen molar-refractivity contribution in [1.29, 1.82) is 0 Å². The molecule has 6 heteroatoms. The summed E-state index contributed by atoms with van der Waals surface area (Å²) >= 11 is 0. The molecule has 1 aromatic rings. The number of benzene rings is 1. The lowest BCUT2D eigenvalue weighted by Gasteiger charge is -2.07. The smallest absolute Gasteiger partial charge is 0.379 e. The van der Waals surface area contributed by atoms with E-state index in [9.17, 15) is 18.4 Å². The van der Waals surface area contributed by atoms with Gasteiger partial charge in [0.1, 0.15) is 0 Å². The number of Topliss-reactive ketones (excluding diaryl/α,β-unsaturated/α-hetero) is 1. The summed E-state index contributed by atoms with van der Waals surface area (Å²) in [4.78, 5) is 22.5. The van der Waals surface area contributed by atoms with Crippen molar-refractivity contribution in [2.75, 3.05) is 13.7 Å². The number of methoxy groups -OCH3 is 1. The van der Waals surface area contributed by atoms with Crippen LogP contribution in [0.15, 0.2) is 12.1 Å². The zero-order valence-corrected chi connectivity index (χ0v) is 9.25. The maximum absolute atomic E-state index is 13.6. The molecule has 0 spiro atoms. The van der Waals surface area contributed by atoms with E-state index in [-0.39, 0.29) is 6.61 Å². The van der Waals surface area contributed by atoms with Crippen molar-refractivity contribution in [3.05, 3.63) is 29.3 Å². The summed E-state index contributed by atoms with van der Waals surface area (Å²) < 4.78 is 35.5. The SMILES string of the molecule is CCOC(=O)C(=O)c1ccc(F)c(OC)c1F. The van der Waals surface area contributed by atoms with Gasteiger partial charge in [0.05, 0.1) is 19.3 Å². The molecule has 1 aromatic carbocycles. The number of carbonyl (C=O) groups excluding carboxylic acids is 2. The van der Waals surface area contributed by atoms with E-state index in [0.29, 0.717) is 0 Å². The summed E-state index contributed by atoms with van der Waals surface area (Å²) in [5.74, 6) is -5.25. The average Bonchev–Trinajstić information content (AvgIpc) is 2.29. The number of hydrogen-bond donors (Lipinski definition) is 0. The molecule has 0 aromatic heterocycles. The highest BCUT2D eigenvalue weighted by atomic mass is 19.1. The quantitative estimate of drug-likeness (QED) is 0.459. The van der Waals surface area contributed by atoms with Gasteiger partial charge in [-0.25, -0.2) is 13.6 Å². The molecule has 0 heterocycles. The number of ether oxygens (including phenoxy) is 2. The van der Waals surface area contributed by atoms with Crippen molar-refractivity contribution in [3.8, 4) is 5.75 Å². The van der Waals surface area contributed by atoms with Crippen molar-refractivity contribution in [2.24, 2.45) is 0 Å². The minimum absolute atomic E-state index is 0.00940. The fraction of sp³-hybridized carbons (Fsp3) is 0.273. The Balaban J connectivity index is 3.15. The Labute approximate surface area is 96.1 Å². The first-order valence-electron chi connectivity index (χ1n) is 4.76. The minimum Gasteiger partial charge on any atom is -0.491 e. The summed E-state index contributed by atoms with van der Waals surface area (Å²) in [5.41, 5.74) is -0.582. The van der Waals surface area contributed by atoms with Crippen LogP contribution in [0.2, 0.25) is 0 Å². The maximum atomic E-state index is 13.6. The van der Waals surface area contributed by atoms with Crippen LogP contribution in [-0.2, 0) is 9.53 Å². The molecule has 0 amide bonds. The molecule has 0 fully saturated rings. The molecule has 0 aliphatic rings. The van der Waals surface area contributed by atoms with Gasteiger partial charge in [0, 0.05) is 0 Å². The molecular weight excluding hydrogens is 234 g/mol. The average molecular weight is 244 g/mol. The van der Waals surface area contributed by atoms with Gasteiger partial charge in [0.25, 0.3) is 5.78 Å². The lowest BCUT2D eigenvalue weighted by molar-refractivity contribution is -0.137. The van der Waals surface area contributed by atoms with Gasteiger partial charge in [-0.3, -0.25) is 4.79 Å². The van der Waals surface area contributed by atoms with Crippen LogP contribution in [0.4, 0.5) is 8.78 Å². The first-order valence-corrected chi connectivity index (χ1v) is 4.76. The first-order chi connectivity index (χ1) is 8.02. The van der Waals surface area contributed by atoms with E-state index in [2.05, 4.69) is 9.47 Å². The molecule has 0 aliphatic carbocycles. The number of esters is 1. The molecule has 0 aliphatic heterocycles. The van der Waals surface area contributed by atoms with Gasteiger partial charge in [-0.1, -0.05) is 0 Å². The van der Waals surface area contributed by atoms with Crippen LogP contribution in [0.1, 0.15) is 17.3 Å². The lowest BCUT2D eigenvalue weighted by Crippen LogP contribution is -2.19. The summed E-state index contributed by atoms with van der Waals surface area (Å²) in [6.45, 7) is 1.50. The summed E-state index contributed by atoms with van der Waals surface area (Å²) in [6.07, 6.45) is 0. The summed E-state index contributed by atoms with van der Waals surface area (Å²) in [7, 11) is 1.06. The standard InChI is InChI=1S/C11H10F2O4/c1-3-17-11(15)9(14)6-4-5-7(12)10(16-2)8(6)13/h4-5H,3H2,1-2H3. The Morgan fingerprint density at radius 1 is 1.29 bits per heavy atom. The highest BCUT2D eigenvalue weighted by Gasteiger charge is 2.25. The Bertz CT molecular complexity index is 457. The van der Waals surface area contributed by atoms with Gasteiger partial charge in [0.2, 0.25) is 0 Å². The number of rotatable bonds is 4. The van der Waals surface area contributed by atoms with Gasteiger partial charge in [0.15, 0.2) is 17.4 Å². The fourth-order valence-electron chi connectivity index (χ4n) is 1.20. The topological polar surface area (TPSA) is 52.6 Å². The molecule has 0 saturated carbocycles. The molecular formula is C11H10F2O4. The van der Waals surface area contributed by atoms with Crippen LogP contribution in [0, 0.1) is 11.6 Å². The molecule has 0 bridgehead atoms. The van der Waals surface area contributed by atoms with E-state index in [1.54, 1.807) is 0 Å². The molecule has 0 saturated heterocycles. The van der Waals surface area contributed by atoms with E-state index < -0.39 is 34.7 Å². The first kappa shape index (κ1) is 13.1. The molecule has 4 nitrogen and oxygen atoms in total. The largest absolute Gasteiger partial charge is 0.491 e. The number of halogens is 2. The third-order valence-electron chi connectivity index (χ3n) is 1.96. The van der Waals surface area contributed by atoms with Crippen molar-refractivity contribution < 1.29 is 27.8 Å². The second-order valence-corrected chi connectivity index (χ2v) is 2.99. The van der Waals surface area contributed by atoms with Gasteiger partial charge in [-0.2, -0.15) is 0 Å². The van der Waals surface area contributed by atoms with Gasteiger partial charge < -0.3 is 9.47 Å². The van der Waals surface area contributed by atoms with Gasteiger partial charge in [-0.05, 0) is 19.1 Å². The summed E-state index contributed by atoms with van der Waals surface area (Å²) in [5, 5.41) is 0. The van der Waals surface area contributed by atoms with Crippen molar-refractivity contribution in [2.45, 2.75) is 6.92 Å². The lowest BCUT2D eigenvalue weighted by atomic mass is 10.1. The van der Waals surface area contributed by atoms with Crippen LogP contribution < -0.4 is 4.74 Å². The maximum Gasteiger partial charge on any atom is 0.379 e. The molecule has 17 heavy (non-hydrogen) atoms. The van der Waals surface area contributed by atoms with E-state index in [4.69, 9.17) is 0 Å². The molecule has 1 rings (SSSR count). The van der Waals surface area contributed by atoms with E-state index in [1.807, 2.05) is 0 Å². The minimum atomic E-state index is -1.22. The van der Waals surface area contributed by atoms with E-state index in [1.165, 1.54) is 6.92 Å². The van der Waals surface area contributed by atoms with Gasteiger partial charge in [-0.15, -0.1) is 0 Å². The van der Waals surface area contributed by atoms with Crippen LogP contribution >= 0.6 is 0 Å². The number of ketones is 1. The Morgan fingerprint density at radius 2 is 1.94 bits per heavy atom. The molecule has 0 N–H and O–H groups in total. The second kappa shape index (κ2) is 5.38. The predicted molar refractivity (Wildman–Crippen MR) is 53.9 cm³/mol. The predicted octanol–water partition coefficient (Wildman–Crippen LogP) is 1.72. The molecule has 92 valence electrons. The number of hydrogen-bond acceptors (Lipinski definition) is 4. The van der Waals surface area contributed by atoms with Crippen molar-refractivity contribution in [3.63, 3.8) is 0 Å². The third kappa shape index (κ3) is 2.58. The molecule has 0 unspecified atom stereocenters. The highest BCUT2D eigenvalue weighted by Crippen LogP contribution is 2.24. The number of carbonyl (C=O) groups is 2. The fourth-order valence-corrected chi connectivity index (χ4v) is 1.20. The summed E-state index contributed by atoms with van der Waals surface area (Å²) in [6, 6.07) is 1.71. The second-order valence-electron chi connectivity index (χ2n) is 2.99. The van der Waals surface area contributed by atoms with Crippen LogP contribution in [0.5, 0.6) is 5.75 Å². The van der Waals surface area contributed by atoms with Crippen LogP contribution in [-0.4, -0.2) is 25.5 Å². The zero-order chi connectivity index (χ0) is 13.0. The van der Waals surface area contributed by atoms with Crippen LogP contribution in [0.3, 0.4) is 0 Å². The van der Waals surface area contributed by atoms with Crippen molar-refractivity contribution in [1.82, 2.24) is 0 Å². The Kier molecular flexibility index (Phi) is 4.14. The van der Waals surface area contributed by atoms with E-state index in [0.717, 1.165) is 19.2 Å². The van der Waals surface area contributed by atoms with Gasteiger partial charge >= 0.3 is 5.97 Å². The normalized spacial score (nSPS) is 9.88. The Hall–Kier alpha value is -1.98. The van der Waals surface area contributed by atoms with Crippen LogP contribution in [0.25, 0.3) is 0 Å². The molecule has 0 radical (unpaired) electrons.